The van der Waals surface area contributed by atoms with Crippen molar-refractivity contribution in [1.29, 1.82) is 0 Å². The average Bonchev–Trinajstić information content (AvgIpc) is 2.96. The molecule has 1 aliphatic heterocycles. The fraction of sp³-hybridized carbons (Fsp3) is 0.278. The topological polar surface area (TPSA) is 32.3 Å². The lowest BCUT2D eigenvalue weighted by atomic mass is 10.2. The highest BCUT2D eigenvalue weighted by Crippen LogP contribution is 2.14. The predicted molar refractivity (Wildman–Crippen MR) is 96.7 cm³/mol. The number of nitrogens with one attached hydrogen (secondary N) is 1. The summed E-state index contributed by atoms with van der Waals surface area (Å²) in [6.07, 6.45) is 1.02. The van der Waals surface area contributed by atoms with Crippen LogP contribution in [0.1, 0.15) is 22.3 Å². The molecule has 22 heavy (non-hydrogen) atoms. The number of carbonyl (C=O) groups is 1. The molecular weight excluding hydrogens is 387 g/mol. The molecular formula is C18H19IN2O. The van der Waals surface area contributed by atoms with Gasteiger partial charge in [0.15, 0.2) is 0 Å². The fourth-order valence-electron chi connectivity index (χ4n) is 2.81. The van der Waals surface area contributed by atoms with E-state index < -0.39 is 0 Å². The van der Waals surface area contributed by atoms with Gasteiger partial charge in [-0.15, -0.1) is 0 Å². The normalized spacial score (nSPS) is 18.3. The molecule has 4 heteroatoms. The number of amides is 1. The van der Waals surface area contributed by atoms with Crippen LogP contribution in [0.4, 0.5) is 0 Å². The van der Waals surface area contributed by atoms with Gasteiger partial charge in [0.1, 0.15) is 0 Å². The zero-order valence-electron chi connectivity index (χ0n) is 12.3. The van der Waals surface area contributed by atoms with Crippen LogP contribution in [0.2, 0.25) is 0 Å². The molecule has 0 bridgehead atoms. The summed E-state index contributed by atoms with van der Waals surface area (Å²) in [7, 11) is 0. The van der Waals surface area contributed by atoms with Crippen LogP contribution in [0.5, 0.6) is 0 Å². The van der Waals surface area contributed by atoms with Crippen molar-refractivity contribution >= 4 is 28.5 Å². The van der Waals surface area contributed by atoms with Crippen LogP contribution in [0.3, 0.4) is 0 Å². The molecule has 0 saturated carbocycles. The summed E-state index contributed by atoms with van der Waals surface area (Å²) in [5, 5.41) is 3.15. The summed E-state index contributed by atoms with van der Waals surface area (Å²) >= 11 is 2.24. The van der Waals surface area contributed by atoms with E-state index in [1.165, 1.54) is 5.56 Å². The number of carbonyl (C=O) groups excluding carboxylic acids is 1. The van der Waals surface area contributed by atoms with Gasteiger partial charge >= 0.3 is 0 Å². The maximum absolute atomic E-state index is 12.2. The van der Waals surface area contributed by atoms with Gasteiger partial charge in [0, 0.05) is 34.8 Å². The Bertz CT molecular complexity index is 627. The molecule has 1 N–H and O–H groups in total. The van der Waals surface area contributed by atoms with Gasteiger partial charge < -0.3 is 5.32 Å². The summed E-state index contributed by atoms with van der Waals surface area (Å²) in [6, 6.07) is 18.4. The average molecular weight is 406 g/mol. The van der Waals surface area contributed by atoms with Gasteiger partial charge in [-0.25, -0.2) is 0 Å². The lowest BCUT2D eigenvalue weighted by molar-refractivity contribution is 0.0937. The van der Waals surface area contributed by atoms with Gasteiger partial charge in [-0.1, -0.05) is 30.3 Å². The first kappa shape index (κ1) is 15.5. The number of hydrogen-bond acceptors (Lipinski definition) is 2. The fourth-order valence-corrected chi connectivity index (χ4v) is 3.17. The van der Waals surface area contributed by atoms with Gasteiger partial charge in [0.25, 0.3) is 5.91 Å². The Kier molecular flexibility index (Phi) is 5.10. The van der Waals surface area contributed by atoms with Gasteiger partial charge in [-0.2, -0.15) is 0 Å². The minimum absolute atomic E-state index is 0.0305. The second-order valence-electron chi connectivity index (χ2n) is 5.69. The standard InChI is InChI=1S/C18H19IN2O/c19-16-8-6-15(7-9-16)18(22)20-17-10-11-21(13-17)12-14-4-2-1-3-5-14/h1-9,17H,10-13H2,(H,20,22)/t17-/m1/s1. The summed E-state index contributed by atoms with van der Waals surface area (Å²) in [6.45, 7) is 2.91. The molecule has 1 amide bonds. The number of rotatable bonds is 4. The third-order valence-corrected chi connectivity index (χ3v) is 4.68. The molecule has 1 fully saturated rings. The van der Waals surface area contributed by atoms with E-state index in [1.54, 1.807) is 0 Å². The van der Waals surface area contributed by atoms with Crippen molar-refractivity contribution in [2.75, 3.05) is 13.1 Å². The second kappa shape index (κ2) is 7.24. The first-order valence-electron chi connectivity index (χ1n) is 7.53. The number of benzene rings is 2. The van der Waals surface area contributed by atoms with E-state index in [-0.39, 0.29) is 11.9 Å². The third kappa shape index (κ3) is 4.08. The van der Waals surface area contributed by atoms with E-state index in [4.69, 9.17) is 0 Å². The highest BCUT2D eigenvalue weighted by molar-refractivity contribution is 14.1. The van der Waals surface area contributed by atoms with Gasteiger partial charge in [0.2, 0.25) is 0 Å². The predicted octanol–water partition coefficient (Wildman–Crippen LogP) is 3.30. The van der Waals surface area contributed by atoms with E-state index in [1.807, 2.05) is 30.3 Å². The zero-order valence-corrected chi connectivity index (χ0v) is 14.5. The minimum Gasteiger partial charge on any atom is -0.348 e. The number of hydrogen-bond donors (Lipinski definition) is 1. The third-order valence-electron chi connectivity index (χ3n) is 3.96. The number of halogens is 1. The molecule has 3 rings (SSSR count). The Morgan fingerprint density at radius 1 is 1.14 bits per heavy atom. The molecule has 0 spiro atoms. The molecule has 3 nitrogen and oxygen atoms in total. The van der Waals surface area contributed by atoms with Crippen LogP contribution < -0.4 is 5.32 Å². The highest BCUT2D eigenvalue weighted by atomic mass is 127. The molecule has 2 aromatic carbocycles. The quantitative estimate of drug-likeness (QED) is 0.791. The number of likely N-dealkylation sites (tertiary alicyclic amines) is 1. The smallest absolute Gasteiger partial charge is 0.251 e. The molecule has 0 radical (unpaired) electrons. The van der Waals surface area contributed by atoms with Crippen LogP contribution in [-0.4, -0.2) is 29.9 Å². The lowest BCUT2D eigenvalue weighted by Crippen LogP contribution is -2.36. The van der Waals surface area contributed by atoms with Crippen molar-refractivity contribution < 1.29 is 4.79 Å². The Morgan fingerprint density at radius 3 is 2.59 bits per heavy atom. The van der Waals surface area contributed by atoms with Crippen molar-refractivity contribution in [3.05, 3.63) is 69.3 Å². The molecule has 0 aromatic heterocycles. The molecule has 1 atom stereocenters. The Balaban J connectivity index is 1.52. The molecule has 1 heterocycles. The minimum atomic E-state index is 0.0305. The first-order valence-corrected chi connectivity index (χ1v) is 8.61. The summed E-state index contributed by atoms with van der Waals surface area (Å²) < 4.78 is 1.14. The van der Waals surface area contributed by atoms with E-state index in [2.05, 4.69) is 57.1 Å². The highest BCUT2D eigenvalue weighted by Gasteiger charge is 2.24. The van der Waals surface area contributed by atoms with Crippen molar-refractivity contribution in [2.45, 2.75) is 19.0 Å². The largest absolute Gasteiger partial charge is 0.348 e. The van der Waals surface area contributed by atoms with Gasteiger partial charge in [0.05, 0.1) is 0 Å². The van der Waals surface area contributed by atoms with Crippen LogP contribution >= 0.6 is 22.6 Å². The monoisotopic (exact) mass is 406 g/mol. The Morgan fingerprint density at radius 2 is 1.86 bits per heavy atom. The Hall–Kier alpha value is -1.40. The lowest BCUT2D eigenvalue weighted by Gasteiger charge is -2.17. The van der Waals surface area contributed by atoms with E-state index >= 15 is 0 Å². The molecule has 1 saturated heterocycles. The first-order chi connectivity index (χ1) is 10.7. The van der Waals surface area contributed by atoms with E-state index in [0.29, 0.717) is 0 Å². The van der Waals surface area contributed by atoms with E-state index in [9.17, 15) is 4.79 Å². The Labute approximate surface area is 144 Å². The molecule has 2 aromatic rings. The van der Waals surface area contributed by atoms with Crippen LogP contribution in [0.25, 0.3) is 0 Å². The molecule has 0 aliphatic carbocycles. The maximum atomic E-state index is 12.2. The SMILES string of the molecule is O=C(N[C@@H]1CCN(Cc2ccccc2)C1)c1ccc(I)cc1. The second-order valence-corrected chi connectivity index (χ2v) is 6.93. The molecule has 114 valence electrons. The molecule has 0 unspecified atom stereocenters. The van der Waals surface area contributed by atoms with Crippen LogP contribution in [0.15, 0.2) is 54.6 Å². The van der Waals surface area contributed by atoms with Crippen molar-refractivity contribution in [2.24, 2.45) is 0 Å². The maximum Gasteiger partial charge on any atom is 0.251 e. The summed E-state index contributed by atoms with van der Waals surface area (Å²) in [5.74, 6) is 0.0305. The summed E-state index contributed by atoms with van der Waals surface area (Å²) in [5.41, 5.74) is 2.06. The zero-order chi connectivity index (χ0) is 15.4. The number of nitrogens with zero attached hydrogens (tertiary/aromatic N) is 1. The van der Waals surface area contributed by atoms with Crippen molar-refractivity contribution in [1.82, 2.24) is 10.2 Å². The van der Waals surface area contributed by atoms with Crippen molar-refractivity contribution in [3.63, 3.8) is 0 Å². The van der Waals surface area contributed by atoms with Crippen molar-refractivity contribution in [3.8, 4) is 0 Å². The molecule has 1 aliphatic rings. The summed E-state index contributed by atoms with van der Waals surface area (Å²) in [4.78, 5) is 14.6. The van der Waals surface area contributed by atoms with E-state index in [0.717, 1.165) is 35.2 Å². The van der Waals surface area contributed by atoms with Crippen LogP contribution in [0, 0.1) is 3.57 Å². The van der Waals surface area contributed by atoms with Crippen LogP contribution in [-0.2, 0) is 6.54 Å². The van der Waals surface area contributed by atoms with Gasteiger partial charge in [-0.05, 0) is 58.8 Å². The van der Waals surface area contributed by atoms with Gasteiger partial charge in [-0.3, -0.25) is 9.69 Å².